The highest BCUT2D eigenvalue weighted by Crippen LogP contribution is 2.44. The van der Waals surface area contributed by atoms with E-state index in [4.69, 9.17) is 24.4 Å². The van der Waals surface area contributed by atoms with Gasteiger partial charge in [-0.1, -0.05) is 56.0 Å². The Morgan fingerprint density at radius 2 is 1.75 bits per heavy atom. The number of thiazole rings is 1. The zero-order chi connectivity index (χ0) is 42.5. The SMILES string of the molecule is Cc1ncsc1-c1ccc([C@@H](N)CCCN2CCC(c3cc4c(cc3OCCOCCOS(C)(=O)=O)-n3c(nc(=O)c5c(Br)cccc53)C(CCC3CCCC3)C4)CC2)cc1. The normalized spacial score (nSPS) is 18.1. The second-order valence-corrected chi connectivity index (χ2v) is 20.5. The third kappa shape index (κ3) is 10.7. The summed E-state index contributed by atoms with van der Waals surface area (Å²) in [6, 6.07) is 19.1. The number of piperidine rings is 1. The Kier molecular flexibility index (Phi) is 14.4. The van der Waals surface area contributed by atoms with Gasteiger partial charge >= 0.3 is 0 Å². The molecule has 2 fully saturated rings. The van der Waals surface area contributed by atoms with Crippen molar-refractivity contribution in [2.45, 2.75) is 95.4 Å². The number of hydrogen-bond donors (Lipinski definition) is 1. The maximum atomic E-state index is 13.6. The van der Waals surface area contributed by atoms with Crippen molar-refractivity contribution in [1.82, 2.24) is 19.4 Å². The summed E-state index contributed by atoms with van der Waals surface area (Å²) in [5.74, 6) is 2.85. The Morgan fingerprint density at radius 3 is 2.49 bits per heavy atom. The van der Waals surface area contributed by atoms with Gasteiger partial charge in [0.15, 0.2) is 0 Å². The lowest BCUT2D eigenvalue weighted by Crippen LogP contribution is -2.34. The molecule has 61 heavy (non-hydrogen) atoms. The van der Waals surface area contributed by atoms with Crippen LogP contribution in [-0.4, -0.2) is 80.2 Å². The van der Waals surface area contributed by atoms with Crippen molar-refractivity contribution in [1.29, 1.82) is 0 Å². The number of fused-ring (bicyclic) bond motifs is 5. The molecular weight excluding hydrogens is 875 g/mol. The fraction of sp³-hybridized carbons (Fsp3) is 0.511. The van der Waals surface area contributed by atoms with E-state index in [1.165, 1.54) is 52.8 Å². The number of nitrogens with zero attached hydrogens (tertiary/aromatic N) is 4. The zero-order valence-corrected chi connectivity index (χ0v) is 38.5. The first-order valence-corrected chi connectivity index (χ1v) is 25.4. The molecule has 1 saturated heterocycles. The molecule has 2 aliphatic heterocycles. The summed E-state index contributed by atoms with van der Waals surface area (Å²) in [6.07, 6.45) is 13.2. The van der Waals surface area contributed by atoms with E-state index in [0.717, 1.165) is 110 Å². The zero-order valence-electron chi connectivity index (χ0n) is 35.3. The third-order valence-corrected chi connectivity index (χ3v) is 15.2. The van der Waals surface area contributed by atoms with Crippen molar-refractivity contribution in [2.24, 2.45) is 11.7 Å². The molecule has 326 valence electrons. The van der Waals surface area contributed by atoms with Gasteiger partial charge in [0, 0.05) is 22.5 Å². The summed E-state index contributed by atoms with van der Waals surface area (Å²) in [5.41, 5.74) is 16.2. The van der Waals surface area contributed by atoms with Crippen molar-refractivity contribution < 1.29 is 22.1 Å². The molecule has 0 spiro atoms. The van der Waals surface area contributed by atoms with Gasteiger partial charge in [-0.2, -0.15) is 13.4 Å². The first kappa shape index (κ1) is 44.1. The highest BCUT2D eigenvalue weighted by atomic mass is 79.9. The van der Waals surface area contributed by atoms with Crippen molar-refractivity contribution in [3.8, 4) is 21.9 Å². The largest absolute Gasteiger partial charge is 0.491 e. The van der Waals surface area contributed by atoms with Crippen molar-refractivity contribution in [2.75, 3.05) is 52.3 Å². The lowest BCUT2D eigenvalue weighted by Gasteiger charge is -2.35. The Bertz CT molecular complexity index is 2460. The molecule has 1 unspecified atom stereocenters. The van der Waals surface area contributed by atoms with E-state index in [0.29, 0.717) is 17.9 Å². The van der Waals surface area contributed by atoms with Crippen molar-refractivity contribution >= 4 is 48.3 Å². The van der Waals surface area contributed by atoms with Gasteiger partial charge in [0.05, 0.1) is 58.7 Å². The second-order valence-electron chi connectivity index (χ2n) is 17.1. The van der Waals surface area contributed by atoms with Gasteiger partial charge in [0.1, 0.15) is 18.2 Å². The number of ether oxygens (including phenoxy) is 2. The Morgan fingerprint density at radius 1 is 0.984 bits per heavy atom. The summed E-state index contributed by atoms with van der Waals surface area (Å²) in [5, 5.41) is 0.582. The van der Waals surface area contributed by atoms with Crippen LogP contribution in [0.4, 0.5) is 0 Å². The minimum atomic E-state index is -3.53. The molecule has 0 bridgehead atoms. The molecule has 2 aromatic heterocycles. The molecule has 0 amide bonds. The molecule has 2 atom stereocenters. The number of aromatic nitrogens is 3. The van der Waals surface area contributed by atoms with Crippen LogP contribution in [0.15, 0.2) is 69.4 Å². The number of halogens is 1. The van der Waals surface area contributed by atoms with Crippen LogP contribution in [0.25, 0.3) is 27.0 Å². The van der Waals surface area contributed by atoms with E-state index in [2.05, 4.69) is 66.8 Å². The maximum absolute atomic E-state index is 13.6. The molecular formula is C47H58BrN5O6S2. The van der Waals surface area contributed by atoms with Crippen LogP contribution in [0, 0.1) is 12.8 Å². The summed E-state index contributed by atoms with van der Waals surface area (Å²) in [4.78, 5) is 26.6. The molecule has 2 N–H and O–H groups in total. The van der Waals surface area contributed by atoms with Crippen LogP contribution < -0.4 is 16.0 Å². The standard InChI is InChI=1S/C47H58BrN5O6S2/c1-31-45(60-30-50-31)35-16-14-34(15-17-35)40(49)10-6-20-52-21-18-33(19-22-52)38-28-37-27-36(13-12-32-7-3-4-8-32)46-51-47(54)44-39(48)9-5-11-41(44)53(46)42(37)29-43(38)58-25-23-57-24-26-59-61(2,55)56/h5,9,11,14-17,28-30,32-33,36,40H,3-4,6-8,10,12-13,18-27,49H2,1-2H3/t36?,40-/m0/s1. The number of aryl methyl sites for hydroxylation is 1. The van der Waals surface area contributed by atoms with Crippen LogP contribution in [0.2, 0.25) is 0 Å². The van der Waals surface area contributed by atoms with Gasteiger partial charge < -0.3 is 20.1 Å². The molecule has 4 heterocycles. The Labute approximate surface area is 372 Å². The molecule has 0 radical (unpaired) electrons. The number of likely N-dealkylation sites (tertiary alicyclic amines) is 1. The van der Waals surface area contributed by atoms with Crippen LogP contribution in [0.3, 0.4) is 0 Å². The van der Waals surface area contributed by atoms with Gasteiger partial charge in [0.2, 0.25) is 0 Å². The van der Waals surface area contributed by atoms with Gasteiger partial charge in [0.25, 0.3) is 15.7 Å². The van der Waals surface area contributed by atoms with Crippen molar-refractivity contribution in [3.63, 3.8) is 0 Å². The average molecular weight is 933 g/mol. The molecule has 1 saturated carbocycles. The topological polar surface area (TPSA) is 139 Å². The van der Waals surface area contributed by atoms with Crippen LogP contribution in [-0.2, 0) is 25.5 Å². The van der Waals surface area contributed by atoms with Crippen LogP contribution >= 0.6 is 27.3 Å². The maximum Gasteiger partial charge on any atom is 0.281 e. The van der Waals surface area contributed by atoms with E-state index in [1.54, 1.807) is 11.3 Å². The van der Waals surface area contributed by atoms with Crippen LogP contribution in [0.1, 0.15) is 110 Å². The Balaban J connectivity index is 0.990. The van der Waals surface area contributed by atoms with E-state index >= 15 is 0 Å². The molecule has 1 aliphatic carbocycles. The number of nitrogens with two attached hydrogens (primary N) is 1. The third-order valence-electron chi connectivity index (χ3n) is 12.9. The highest BCUT2D eigenvalue weighted by Gasteiger charge is 2.32. The second kappa shape index (κ2) is 19.9. The minimum absolute atomic E-state index is 0.000749. The van der Waals surface area contributed by atoms with Crippen LogP contribution in [0.5, 0.6) is 5.75 Å². The molecule has 14 heteroatoms. The molecule has 3 aliphatic rings. The number of hydrogen-bond acceptors (Lipinski definition) is 11. The predicted octanol–water partition coefficient (Wildman–Crippen LogP) is 9.22. The van der Waals surface area contributed by atoms with E-state index in [-0.39, 0.29) is 37.3 Å². The quantitative estimate of drug-likeness (QED) is 0.0669. The lowest BCUT2D eigenvalue weighted by molar-refractivity contribution is 0.0776. The summed E-state index contributed by atoms with van der Waals surface area (Å²) in [6.45, 7) is 5.74. The monoisotopic (exact) mass is 931 g/mol. The highest BCUT2D eigenvalue weighted by molar-refractivity contribution is 9.10. The first-order chi connectivity index (χ1) is 29.5. The van der Waals surface area contributed by atoms with Gasteiger partial charge in [-0.25, -0.2) is 4.98 Å². The Hall–Kier alpha value is -3.50. The first-order valence-electron chi connectivity index (χ1n) is 21.9. The molecule has 5 aromatic rings. The van der Waals surface area contributed by atoms with Gasteiger partial charge in [-0.05, 0) is 140 Å². The number of benzene rings is 3. The molecule has 11 nitrogen and oxygen atoms in total. The fourth-order valence-corrected chi connectivity index (χ4v) is 11.4. The summed E-state index contributed by atoms with van der Waals surface area (Å²) < 4.78 is 42.9. The molecule has 8 rings (SSSR count). The molecule has 3 aromatic carbocycles. The summed E-state index contributed by atoms with van der Waals surface area (Å²) >= 11 is 5.33. The van der Waals surface area contributed by atoms with Gasteiger partial charge in [-0.15, -0.1) is 11.3 Å². The number of rotatable bonds is 18. The predicted molar refractivity (Wildman–Crippen MR) is 247 cm³/mol. The van der Waals surface area contributed by atoms with Gasteiger partial charge in [-0.3, -0.25) is 13.5 Å². The van der Waals surface area contributed by atoms with E-state index in [1.807, 2.05) is 30.6 Å². The minimum Gasteiger partial charge on any atom is -0.491 e. The summed E-state index contributed by atoms with van der Waals surface area (Å²) in [7, 11) is -3.53. The fourth-order valence-electron chi connectivity index (χ4n) is 9.73. The average Bonchev–Trinajstić information content (AvgIpc) is 3.94. The van der Waals surface area contributed by atoms with E-state index < -0.39 is 10.1 Å². The van der Waals surface area contributed by atoms with Crippen molar-refractivity contribution in [3.05, 3.63) is 103 Å². The van der Waals surface area contributed by atoms with E-state index in [9.17, 15) is 13.2 Å². The lowest BCUT2D eigenvalue weighted by atomic mass is 9.82. The smallest absolute Gasteiger partial charge is 0.281 e.